The molecular weight excluding hydrogens is 146 g/mol. The Morgan fingerprint density at radius 3 is 2.17 bits per heavy atom. The Hall–Kier alpha value is -0.0400. The first-order valence-corrected chi connectivity index (χ1v) is 5.11. The average Bonchev–Trinajstić information content (AvgIpc) is 2.48. The first-order valence-electron chi connectivity index (χ1n) is 5.11. The standard InChI is InChI=1S/C11H21N/c1-8-9-6-11(9,5)7-12(8)10(2,3)4/h8-9H,6-7H2,1-5H3/t8-,9+,11-/m1/s1. The second-order valence-corrected chi connectivity index (χ2v) is 6.00. The van der Waals surface area contributed by atoms with Crippen LogP contribution in [0.15, 0.2) is 0 Å². The lowest BCUT2D eigenvalue weighted by Crippen LogP contribution is -2.45. The SMILES string of the molecule is C[C@@H]1[C@@H]2C[C@]2(C)CN1C(C)(C)C. The fourth-order valence-electron chi connectivity index (χ4n) is 2.98. The van der Waals surface area contributed by atoms with Gasteiger partial charge in [-0.15, -0.1) is 0 Å². The molecule has 0 N–H and O–H groups in total. The molecule has 0 bridgehead atoms. The van der Waals surface area contributed by atoms with E-state index in [0.29, 0.717) is 11.0 Å². The van der Waals surface area contributed by atoms with Crippen molar-refractivity contribution in [2.24, 2.45) is 11.3 Å². The quantitative estimate of drug-likeness (QED) is 0.536. The molecular formula is C11H21N. The Labute approximate surface area is 76.1 Å². The zero-order chi connectivity index (χ0) is 9.15. The monoisotopic (exact) mass is 167 g/mol. The van der Waals surface area contributed by atoms with Crippen LogP contribution in [-0.4, -0.2) is 23.0 Å². The summed E-state index contributed by atoms with van der Waals surface area (Å²) in [6.07, 6.45) is 1.47. The molecule has 2 fully saturated rings. The Balaban J connectivity index is 2.13. The largest absolute Gasteiger partial charge is 0.295 e. The maximum absolute atomic E-state index is 2.67. The summed E-state index contributed by atoms with van der Waals surface area (Å²) >= 11 is 0. The summed E-state index contributed by atoms with van der Waals surface area (Å²) < 4.78 is 0. The summed E-state index contributed by atoms with van der Waals surface area (Å²) in [5.41, 5.74) is 1.06. The second-order valence-electron chi connectivity index (χ2n) is 6.00. The molecule has 12 heavy (non-hydrogen) atoms. The van der Waals surface area contributed by atoms with Crippen LogP contribution in [0.1, 0.15) is 41.0 Å². The third-order valence-electron chi connectivity index (χ3n) is 3.89. The first-order chi connectivity index (χ1) is 5.34. The summed E-state index contributed by atoms with van der Waals surface area (Å²) in [5, 5.41) is 0. The second kappa shape index (κ2) is 2.06. The van der Waals surface area contributed by atoms with Gasteiger partial charge in [0, 0.05) is 18.1 Å². The predicted octanol–water partition coefficient (Wildman–Crippen LogP) is 2.52. The Morgan fingerprint density at radius 1 is 1.33 bits per heavy atom. The summed E-state index contributed by atoms with van der Waals surface area (Å²) in [6.45, 7) is 13.2. The summed E-state index contributed by atoms with van der Waals surface area (Å²) in [7, 11) is 0. The molecule has 0 amide bonds. The number of hydrogen-bond acceptors (Lipinski definition) is 1. The molecule has 1 aliphatic carbocycles. The van der Waals surface area contributed by atoms with Crippen LogP contribution in [0.3, 0.4) is 0 Å². The van der Waals surface area contributed by atoms with Gasteiger partial charge in [0.05, 0.1) is 0 Å². The molecule has 0 aromatic carbocycles. The zero-order valence-electron chi connectivity index (χ0n) is 9.02. The minimum absolute atomic E-state index is 0.371. The van der Waals surface area contributed by atoms with Crippen molar-refractivity contribution in [3.8, 4) is 0 Å². The van der Waals surface area contributed by atoms with Gasteiger partial charge in [0.2, 0.25) is 0 Å². The molecule has 2 aliphatic rings. The predicted molar refractivity (Wildman–Crippen MR) is 52.1 cm³/mol. The van der Waals surface area contributed by atoms with Gasteiger partial charge in [0.15, 0.2) is 0 Å². The molecule has 0 aromatic rings. The van der Waals surface area contributed by atoms with E-state index in [0.717, 1.165) is 12.0 Å². The van der Waals surface area contributed by atoms with E-state index in [-0.39, 0.29) is 0 Å². The van der Waals surface area contributed by atoms with Gasteiger partial charge in [-0.2, -0.15) is 0 Å². The molecule has 0 spiro atoms. The van der Waals surface area contributed by atoms with Crippen LogP contribution >= 0.6 is 0 Å². The summed E-state index contributed by atoms with van der Waals surface area (Å²) in [6, 6.07) is 0.815. The van der Waals surface area contributed by atoms with Gasteiger partial charge in [-0.25, -0.2) is 0 Å². The van der Waals surface area contributed by atoms with Gasteiger partial charge in [0.25, 0.3) is 0 Å². The molecule has 1 saturated heterocycles. The van der Waals surface area contributed by atoms with Crippen molar-refractivity contribution in [3.63, 3.8) is 0 Å². The maximum atomic E-state index is 2.67. The molecule has 1 heteroatoms. The summed E-state index contributed by atoms with van der Waals surface area (Å²) in [4.78, 5) is 2.67. The van der Waals surface area contributed by atoms with Gasteiger partial charge >= 0.3 is 0 Å². The number of likely N-dealkylation sites (tertiary alicyclic amines) is 1. The van der Waals surface area contributed by atoms with Gasteiger partial charge in [0.1, 0.15) is 0 Å². The highest BCUT2D eigenvalue weighted by Crippen LogP contribution is 2.61. The third-order valence-corrected chi connectivity index (χ3v) is 3.89. The van der Waals surface area contributed by atoms with E-state index >= 15 is 0 Å². The van der Waals surface area contributed by atoms with E-state index in [1.807, 2.05) is 0 Å². The summed E-state index contributed by atoms with van der Waals surface area (Å²) in [5.74, 6) is 0.997. The van der Waals surface area contributed by atoms with E-state index in [2.05, 4.69) is 39.5 Å². The van der Waals surface area contributed by atoms with Crippen LogP contribution in [-0.2, 0) is 0 Å². The van der Waals surface area contributed by atoms with E-state index in [4.69, 9.17) is 0 Å². The van der Waals surface area contributed by atoms with Crippen molar-refractivity contribution in [2.75, 3.05) is 6.54 Å². The average molecular weight is 167 g/mol. The minimum atomic E-state index is 0.371. The molecule has 70 valence electrons. The number of nitrogens with zero attached hydrogens (tertiary/aromatic N) is 1. The van der Waals surface area contributed by atoms with Crippen molar-refractivity contribution in [1.82, 2.24) is 4.90 Å². The van der Waals surface area contributed by atoms with Crippen LogP contribution < -0.4 is 0 Å². The van der Waals surface area contributed by atoms with Crippen molar-refractivity contribution < 1.29 is 0 Å². The van der Waals surface area contributed by atoms with Gasteiger partial charge in [-0.1, -0.05) is 6.92 Å². The number of piperidine rings is 1. The fraction of sp³-hybridized carbons (Fsp3) is 1.00. The van der Waals surface area contributed by atoms with Crippen molar-refractivity contribution in [3.05, 3.63) is 0 Å². The Morgan fingerprint density at radius 2 is 1.92 bits per heavy atom. The van der Waals surface area contributed by atoms with Crippen LogP contribution in [0.4, 0.5) is 0 Å². The molecule has 3 atom stereocenters. The topological polar surface area (TPSA) is 3.24 Å². The van der Waals surface area contributed by atoms with Crippen LogP contribution in [0, 0.1) is 11.3 Å². The van der Waals surface area contributed by atoms with E-state index < -0.39 is 0 Å². The van der Waals surface area contributed by atoms with Gasteiger partial charge < -0.3 is 0 Å². The van der Waals surface area contributed by atoms with Crippen LogP contribution in [0.25, 0.3) is 0 Å². The highest BCUT2D eigenvalue weighted by atomic mass is 15.3. The number of rotatable bonds is 0. The minimum Gasteiger partial charge on any atom is -0.295 e. The van der Waals surface area contributed by atoms with E-state index in [9.17, 15) is 0 Å². The van der Waals surface area contributed by atoms with Crippen molar-refractivity contribution >= 4 is 0 Å². The number of hydrogen-bond donors (Lipinski definition) is 0. The van der Waals surface area contributed by atoms with Gasteiger partial charge in [-0.05, 0) is 45.4 Å². The van der Waals surface area contributed by atoms with Crippen molar-refractivity contribution in [2.45, 2.75) is 52.6 Å². The first kappa shape index (κ1) is 8.55. The Kier molecular flexibility index (Phi) is 1.47. The lowest BCUT2D eigenvalue weighted by Gasteiger charge is -2.37. The molecule has 0 unspecified atom stereocenters. The fourth-order valence-corrected chi connectivity index (χ4v) is 2.98. The molecule has 1 nitrogen and oxygen atoms in total. The zero-order valence-corrected chi connectivity index (χ0v) is 9.02. The highest BCUT2D eigenvalue weighted by Gasteiger charge is 2.61. The lowest BCUT2D eigenvalue weighted by molar-refractivity contribution is 0.103. The Bertz CT molecular complexity index is 204. The smallest absolute Gasteiger partial charge is 0.0128 e. The molecule has 2 rings (SSSR count). The molecule has 0 aromatic heterocycles. The number of fused-ring (bicyclic) bond motifs is 1. The molecule has 1 saturated carbocycles. The third kappa shape index (κ3) is 1.02. The van der Waals surface area contributed by atoms with Crippen LogP contribution in [0.2, 0.25) is 0 Å². The normalized spacial score (nSPS) is 47.8. The molecule has 1 aliphatic heterocycles. The molecule has 1 heterocycles. The van der Waals surface area contributed by atoms with E-state index in [1.165, 1.54) is 13.0 Å². The van der Waals surface area contributed by atoms with Crippen LogP contribution in [0.5, 0.6) is 0 Å². The van der Waals surface area contributed by atoms with Gasteiger partial charge in [-0.3, -0.25) is 4.90 Å². The molecule has 0 radical (unpaired) electrons. The lowest BCUT2D eigenvalue weighted by atomic mass is 10.0. The van der Waals surface area contributed by atoms with Crippen molar-refractivity contribution in [1.29, 1.82) is 0 Å². The van der Waals surface area contributed by atoms with E-state index in [1.54, 1.807) is 0 Å². The highest BCUT2D eigenvalue weighted by molar-refractivity contribution is 5.13. The maximum Gasteiger partial charge on any atom is 0.0128 e.